The van der Waals surface area contributed by atoms with Crippen LogP contribution in [0.5, 0.6) is 0 Å². The van der Waals surface area contributed by atoms with E-state index < -0.39 is 32.4 Å². The van der Waals surface area contributed by atoms with Crippen LogP contribution in [0.1, 0.15) is 0 Å². The van der Waals surface area contributed by atoms with Crippen molar-refractivity contribution in [2.75, 3.05) is 0 Å². The maximum absolute atomic E-state index is 8.25. The summed E-state index contributed by atoms with van der Waals surface area (Å²) in [6, 6.07) is 0. The molecule has 0 aromatic heterocycles. The molecule has 0 N–H and O–H groups in total. The minimum atomic E-state index is -0.500. The molecule has 0 radical (unpaired) electrons. The average molecular weight is 480 g/mol. The number of hydrogen-bond donors (Lipinski definition) is 0. The smallest absolute Gasteiger partial charge is 0.554 e. The fraction of sp³-hybridized carbons (Fsp3) is 0. The van der Waals surface area contributed by atoms with Crippen molar-refractivity contribution in [1.82, 2.24) is 0 Å². The van der Waals surface area contributed by atoms with Crippen molar-refractivity contribution in [1.29, 1.82) is 0 Å². The molecule has 0 aliphatic carbocycles. The Bertz CT molecular complexity index is 97.0. The Hall–Kier alpha value is -0.325. The summed E-state index contributed by atoms with van der Waals surface area (Å²) < 4.78 is 0. The summed E-state index contributed by atoms with van der Waals surface area (Å²) in [4.78, 5) is 41.2. The number of rotatable bonds is 0. The second-order valence-electron chi connectivity index (χ2n) is 0.481. The molecule has 0 unspecified atom stereocenters. The fourth-order valence-corrected chi connectivity index (χ4v) is 0. The first-order chi connectivity index (χ1) is 7.07. The van der Waals surface area contributed by atoms with Crippen LogP contribution in [0.25, 0.3) is 0 Å². The summed E-state index contributed by atoms with van der Waals surface area (Å²) in [6.45, 7) is -2.50. The Kier molecular flexibility index (Phi) is 398. The molecule has 0 aliphatic heterocycles. The molecule has 0 bridgehead atoms. The van der Waals surface area contributed by atoms with Crippen LogP contribution in [-0.4, -0.2) is 32.4 Å². The van der Waals surface area contributed by atoms with E-state index in [9.17, 15) is 0 Å². The molecule has 90 valence electrons. The van der Waals surface area contributed by atoms with Crippen molar-refractivity contribution >= 4 is 32.4 Å². The van der Waals surface area contributed by atoms with E-state index in [0.29, 0.717) is 0 Å². The molecule has 0 atom stereocenters. The summed E-state index contributed by atoms with van der Waals surface area (Å²) in [6.07, 6.45) is 0. The standard InChI is InChI=1S/5CH2O2.Na.Th/c5*2-1-3;;/h5*1H,(H,2,3);;/q;;;;;+1;+4/p-5. The molecule has 0 saturated heterocycles. The van der Waals surface area contributed by atoms with E-state index in [1.807, 2.05) is 0 Å². The number of carboxylic acid groups (broad SMARTS) is 5. The third-order valence-corrected chi connectivity index (χ3v) is 0. The largest absolute Gasteiger partial charge is 4.00 e. The van der Waals surface area contributed by atoms with Gasteiger partial charge in [-0.15, -0.1) is 0 Å². The zero-order chi connectivity index (χ0) is 13.5. The Balaban J connectivity index is -0.0000000143. The van der Waals surface area contributed by atoms with Crippen LogP contribution in [0.4, 0.5) is 0 Å². The molecule has 10 nitrogen and oxygen atoms in total. The van der Waals surface area contributed by atoms with Crippen molar-refractivity contribution < 1.29 is 119 Å². The maximum Gasteiger partial charge on any atom is 4.00 e. The van der Waals surface area contributed by atoms with Gasteiger partial charge >= 0.3 is 69.5 Å². The Morgan fingerprint density at radius 3 is 0.471 bits per heavy atom. The SMILES string of the molecule is O=C[O-].O=C[O-].O=C[O-].O=C[O-].O=C[O-].[Na+].[Th+4]. The van der Waals surface area contributed by atoms with E-state index in [-0.39, 0.29) is 69.5 Å². The number of hydrogen-bond acceptors (Lipinski definition) is 10. The monoisotopic (exact) mass is 480 g/mol. The van der Waals surface area contributed by atoms with Gasteiger partial charge in [-0.3, -0.25) is 0 Å². The van der Waals surface area contributed by atoms with Crippen LogP contribution in [-0.2, 0) is 24.0 Å². The van der Waals surface area contributed by atoms with Gasteiger partial charge in [-0.25, -0.2) is 0 Å². The third-order valence-electron chi connectivity index (χ3n) is 0. The van der Waals surface area contributed by atoms with Crippen LogP contribution in [0.2, 0.25) is 0 Å². The first kappa shape index (κ1) is 43.8. The predicted octanol–water partition coefficient (Wildman–Crippen LogP) is -11.2. The minimum Gasteiger partial charge on any atom is -0.554 e. The third kappa shape index (κ3) is 27700. The van der Waals surface area contributed by atoms with Gasteiger partial charge in [0.15, 0.2) is 0 Å². The van der Waals surface area contributed by atoms with Gasteiger partial charge in [0.2, 0.25) is 0 Å². The molecular weight excluding hydrogens is 475 g/mol. The Labute approximate surface area is 150 Å². The summed E-state index contributed by atoms with van der Waals surface area (Å²) in [5.41, 5.74) is 0. The van der Waals surface area contributed by atoms with Crippen molar-refractivity contribution in [3.8, 4) is 0 Å². The van der Waals surface area contributed by atoms with Gasteiger partial charge in [0.25, 0.3) is 0 Å². The molecule has 12 heteroatoms. The van der Waals surface area contributed by atoms with Gasteiger partial charge < -0.3 is 49.5 Å². The normalized spacial score (nSPS) is 3.53. The van der Waals surface area contributed by atoms with Crippen molar-refractivity contribution in [2.45, 2.75) is 0 Å². The van der Waals surface area contributed by atoms with Gasteiger partial charge in [-0.2, -0.15) is 0 Å². The van der Waals surface area contributed by atoms with E-state index in [1.54, 1.807) is 0 Å². The minimum absolute atomic E-state index is 0. The zero-order valence-electron chi connectivity index (χ0n) is 8.47. The summed E-state index contributed by atoms with van der Waals surface area (Å²) in [7, 11) is 0. The summed E-state index contributed by atoms with van der Waals surface area (Å²) in [5, 5.41) is 41.2. The van der Waals surface area contributed by atoms with Crippen LogP contribution in [0.15, 0.2) is 0 Å². The van der Waals surface area contributed by atoms with E-state index >= 15 is 0 Å². The molecule has 17 heavy (non-hydrogen) atoms. The molecule has 0 rings (SSSR count). The average Bonchev–Trinajstić information content (AvgIpc) is 2.09. The first-order valence-electron chi connectivity index (χ1n) is 2.36. The van der Waals surface area contributed by atoms with Crippen LogP contribution >= 0.6 is 0 Å². The quantitative estimate of drug-likeness (QED) is 0.237. The van der Waals surface area contributed by atoms with Crippen LogP contribution < -0.4 is 55.1 Å². The van der Waals surface area contributed by atoms with Crippen LogP contribution in [0, 0.1) is 39.9 Å². The second-order valence-corrected chi connectivity index (χ2v) is 0.481. The van der Waals surface area contributed by atoms with Gasteiger partial charge in [-0.1, -0.05) is 0 Å². The van der Waals surface area contributed by atoms with Crippen LogP contribution in [0.3, 0.4) is 0 Å². The molecule has 0 aromatic rings. The molecule has 0 fully saturated rings. The number of carbonyl (C=O) groups excluding carboxylic acids is 5. The van der Waals surface area contributed by atoms with E-state index in [1.165, 1.54) is 0 Å². The zero-order valence-corrected chi connectivity index (χ0v) is 14.6. The molecular formula is C5H5NaO10Th. The second kappa shape index (κ2) is 154. The summed E-state index contributed by atoms with van der Waals surface area (Å²) >= 11 is 0. The maximum atomic E-state index is 8.25. The molecule has 0 aromatic carbocycles. The molecule has 0 heterocycles. The van der Waals surface area contributed by atoms with Gasteiger partial charge in [0.1, 0.15) is 0 Å². The van der Waals surface area contributed by atoms with E-state index in [0.717, 1.165) is 0 Å². The van der Waals surface area contributed by atoms with E-state index in [4.69, 9.17) is 49.5 Å². The van der Waals surface area contributed by atoms with Crippen molar-refractivity contribution in [3.05, 3.63) is 0 Å². The molecule has 0 spiro atoms. The van der Waals surface area contributed by atoms with Crippen molar-refractivity contribution in [3.63, 3.8) is 0 Å². The van der Waals surface area contributed by atoms with Gasteiger partial charge in [0, 0.05) is 32.4 Å². The topological polar surface area (TPSA) is 201 Å². The predicted molar refractivity (Wildman–Crippen MR) is 30.3 cm³/mol. The Morgan fingerprint density at radius 1 is 0.471 bits per heavy atom. The van der Waals surface area contributed by atoms with E-state index in [2.05, 4.69) is 0 Å². The van der Waals surface area contributed by atoms with Crippen molar-refractivity contribution in [2.24, 2.45) is 0 Å². The molecule has 0 aliphatic rings. The number of carbonyl (C=O) groups is 5. The van der Waals surface area contributed by atoms with Gasteiger partial charge in [-0.05, 0) is 0 Å². The molecule has 0 saturated carbocycles. The fourth-order valence-electron chi connectivity index (χ4n) is 0. The Morgan fingerprint density at radius 2 is 0.471 bits per heavy atom. The summed E-state index contributed by atoms with van der Waals surface area (Å²) in [5.74, 6) is 0. The van der Waals surface area contributed by atoms with Gasteiger partial charge in [0.05, 0.1) is 0 Å². The first-order valence-corrected chi connectivity index (χ1v) is 2.36. The molecule has 0 amide bonds.